The lowest BCUT2D eigenvalue weighted by Crippen LogP contribution is -2.39. The van der Waals surface area contributed by atoms with E-state index in [4.69, 9.17) is 4.74 Å². The Morgan fingerprint density at radius 1 is 1.04 bits per heavy atom. The van der Waals surface area contributed by atoms with E-state index in [-0.39, 0.29) is 11.8 Å². The van der Waals surface area contributed by atoms with Crippen LogP contribution in [0, 0.1) is 0 Å². The van der Waals surface area contributed by atoms with Gasteiger partial charge in [-0.2, -0.15) is 0 Å². The van der Waals surface area contributed by atoms with Crippen LogP contribution in [0.5, 0.6) is 0 Å². The third kappa shape index (κ3) is 3.92. The largest absolute Gasteiger partial charge is 0.379 e. The molecule has 0 aliphatic carbocycles. The highest BCUT2D eigenvalue weighted by Crippen LogP contribution is 2.32. The summed E-state index contributed by atoms with van der Waals surface area (Å²) in [5, 5.41) is 0. The number of morpholine rings is 1. The summed E-state index contributed by atoms with van der Waals surface area (Å²) < 4.78 is 5.54. The van der Waals surface area contributed by atoms with Gasteiger partial charge in [0.05, 0.1) is 19.3 Å². The van der Waals surface area contributed by atoms with E-state index in [1.165, 1.54) is 11.1 Å². The summed E-state index contributed by atoms with van der Waals surface area (Å²) in [4.78, 5) is 14.5. The van der Waals surface area contributed by atoms with Crippen molar-refractivity contribution in [2.75, 3.05) is 26.3 Å². The standard InChI is InChI=1S/C21H25NO2/c1-2-19(23)16-18-10-6-7-11-20(18)21(17-8-4-3-5-9-17)22-12-14-24-15-13-22/h3-11,21H,2,12-16H2,1H3. The molecule has 1 aliphatic rings. The zero-order chi connectivity index (χ0) is 16.8. The zero-order valence-corrected chi connectivity index (χ0v) is 14.3. The number of nitrogens with zero attached hydrogens (tertiary/aromatic N) is 1. The van der Waals surface area contributed by atoms with Crippen molar-refractivity contribution in [1.29, 1.82) is 0 Å². The molecule has 0 saturated carbocycles. The fourth-order valence-corrected chi connectivity index (χ4v) is 3.36. The van der Waals surface area contributed by atoms with Crippen molar-refractivity contribution in [3.63, 3.8) is 0 Å². The van der Waals surface area contributed by atoms with Gasteiger partial charge in [-0.3, -0.25) is 9.69 Å². The van der Waals surface area contributed by atoms with Gasteiger partial charge in [-0.05, 0) is 16.7 Å². The second kappa shape index (κ2) is 8.22. The third-order valence-electron chi connectivity index (χ3n) is 4.66. The summed E-state index contributed by atoms with van der Waals surface area (Å²) in [6, 6.07) is 19.1. The van der Waals surface area contributed by atoms with E-state index in [1.54, 1.807) is 0 Å². The molecule has 3 heteroatoms. The van der Waals surface area contributed by atoms with Crippen LogP contribution >= 0.6 is 0 Å². The molecule has 0 amide bonds. The molecule has 0 N–H and O–H groups in total. The molecular formula is C21H25NO2. The Kier molecular flexibility index (Phi) is 5.78. The number of ketones is 1. The summed E-state index contributed by atoms with van der Waals surface area (Å²) in [6.45, 7) is 5.28. The molecule has 0 spiro atoms. The molecule has 24 heavy (non-hydrogen) atoms. The number of hydrogen-bond donors (Lipinski definition) is 0. The minimum absolute atomic E-state index is 0.177. The monoisotopic (exact) mass is 323 g/mol. The molecule has 2 aromatic rings. The molecule has 1 heterocycles. The van der Waals surface area contributed by atoms with E-state index in [0.29, 0.717) is 12.8 Å². The minimum atomic E-state index is 0.177. The number of rotatable bonds is 6. The highest BCUT2D eigenvalue weighted by molar-refractivity contribution is 5.81. The normalized spacial score (nSPS) is 16.7. The number of carbonyl (C=O) groups excluding carboxylic acids is 1. The minimum Gasteiger partial charge on any atom is -0.379 e. The van der Waals surface area contributed by atoms with E-state index in [0.717, 1.165) is 31.9 Å². The Morgan fingerprint density at radius 3 is 2.42 bits per heavy atom. The van der Waals surface area contributed by atoms with Crippen LogP contribution in [-0.4, -0.2) is 37.0 Å². The van der Waals surface area contributed by atoms with E-state index in [2.05, 4.69) is 47.4 Å². The van der Waals surface area contributed by atoms with Crippen LogP contribution in [0.3, 0.4) is 0 Å². The second-order valence-corrected chi connectivity index (χ2v) is 6.23. The van der Waals surface area contributed by atoms with Crippen molar-refractivity contribution >= 4 is 5.78 Å². The van der Waals surface area contributed by atoms with Crippen LogP contribution in [0.15, 0.2) is 54.6 Å². The number of ether oxygens (including phenoxy) is 1. The van der Waals surface area contributed by atoms with Gasteiger partial charge < -0.3 is 4.74 Å². The van der Waals surface area contributed by atoms with Crippen molar-refractivity contribution in [1.82, 2.24) is 4.90 Å². The maximum absolute atomic E-state index is 12.0. The van der Waals surface area contributed by atoms with Crippen LogP contribution in [0.2, 0.25) is 0 Å². The molecule has 2 aromatic carbocycles. The molecule has 1 fully saturated rings. The first-order chi connectivity index (χ1) is 11.8. The topological polar surface area (TPSA) is 29.5 Å². The van der Waals surface area contributed by atoms with E-state index in [9.17, 15) is 4.79 Å². The average Bonchev–Trinajstić information content (AvgIpc) is 2.65. The number of Topliss-reactive ketones (excluding diaryl/α,β-unsaturated/α-hetero) is 1. The Balaban J connectivity index is 2.01. The predicted octanol–water partition coefficient (Wildman–Crippen LogP) is 3.63. The highest BCUT2D eigenvalue weighted by Gasteiger charge is 2.26. The third-order valence-corrected chi connectivity index (χ3v) is 4.66. The number of benzene rings is 2. The smallest absolute Gasteiger partial charge is 0.137 e. The van der Waals surface area contributed by atoms with Crippen molar-refractivity contribution < 1.29 is 9.53 Å². The van der Waals surface area contributed by atoms with Crippen LogP contribution < -0.4 is 0 Å². The summed E-state index contributed by atoms with van der Waals surface area (Å²) in [5.41, 5.74) is 3.66. The molecule has 0 aromatic heterocycles. The lowest BCUT2D eigenvalue weighted by Gasteiger charge is -2.36. The summed E-state index contributed by atoms with van der Waals surface area (Å²) in [7, 11) is 0. The molecule has 1 aliphatic heterocycles. The van der Waals surface area contributed by atoms with E-state index >= 15 is 0 Å². The summed E-state index contributed by atoms with van der Waals surface area (Å²) >= 11 is 0. The van der Waals surface area contributed by atoms with E-state index in [1.807, 2.05) is 19.1 Å². The quantitative estimate of drug-likeness (QED) is 0.813. The van der Waals surface area contributed by atoms with Crippen LogP contribution in [0.1, 0.15) is 36.1 Å². The Morgan fingerprint density at radius 2 is 1.71 bits per heavy atom. The van der Waals surface area contributed by atoms with Gasteiger partial charge in [0.2, 0.25) is 0 Å². The van der Waals surface area contributed by atoms with Crippen LogP contribution in [0.4, 0.5) is 0 Å². The van der Waals surface area contributed by atoms with Gasteiger partial charge in [-0.15, -0.1) is 0 Å². The van der Waals surface area contributed by atoms with Crippen LogP contribution in [0.25, 0.3) is 0 Å². The first-order valence-corrected chi connectivity index (χ1v) is 8.76. The Labute approximate surface area is 144 Å². The maximum atomic E-state index is 12.0. The van der Waals surface area contributed by atoms with Crippen molar-refractivity contribution in [3.8, 4) is 0 Å². The molecular weight excluding hydrogens is 298 g/mol. The summed E-state index contributed by atoms with van der Waals surface area (Å²) in [5.74, 6) is 0.288. The fourth-order valence-electron chi connectivity index (χ4n) is 3.36. The van der Waals surface area contributed by atoms with Gasteiger partial charge in [0, 0.05) is 25.9 Å². The van der Waals surface area contributed by atoms with E-state index < -0.39 is 0 Å². The first-order valence-electron chi connectivity index (χ1n) is 8.76. The number of carbonyl (C=O) groups is 1. The van der Waals surface area contributed by atoms with Gasteiger partial charge in [0.15, 0.2) is 0 Å². The molecule has 126 valence electrons. The molecule has 1 saturated heterocycles. The molecule has 3 rings (SSSR count). The lowest BCUT2D eigenvalue weighted by molar-refractivity contribution is -0.118. The van der Waals surface area contributed by atoms with Gasteiger partial charge in [0.25, 0.3) is 0 Å². The Bertz CT molecular complexity index is 663. The van der Waals surface area contributed by atoms with Gasteiger partial charge in [-0.25, -0.2) is 0 Å². The molecule has 1 atom stereocenters. The highest BCUT2D eigenvalue weighted by atomic mass is 16.5. The zero-order valence-electron chi connectivity index (χ0n) is 14.3. The van der Waals surface area contributed by atoms with Gasteiger partial charge in [0.1, 0.15) is 5.78 Å². The molecule has 3 nitrogen and oxygen atoms in total. The van der Waals surface area contributed by atoms with Gasteiger partial charge >= 0.3 is 0 Å². The lowest BCUT2D eigenvalue weighted by atomic mass is 9.90. The number of hydrogen-bond acceptors (Lipinski definition) is 3. The average molecular weight is 323 g/mol. The second-order valence-electron chi connectivity index (χ2n) is 6.23. The molecule has 0 bridgehead atoms. The van der Waals surface area contributed by atoms with Crippen LogP contribution in [-0.2, 0) is 16.0 Å². The SMILES string of the molecule is CCC(=O)Cc1ccccc1C(c1ccccc1)N1CCOCC1. The molecule has 0 radical (unpaired) electrons. The van der Waals surface area contributed by atoms with Crippen molar-refractivity contribution in [3.05, 3.63) is 71.3 Å². The predicted molar refractivity (Wildman–Crippen MR) is 96.1 cm³/mol. The maximum Gasteiger partial charge on any atom is 0.137 e. The van der Waals surface area contributed by atoms with Crippen molar-refractivity contribution in [2.45, 2.75) is 25.8 Å². The molecule has 1 unspecified atom stereocenters. The first kappa shape index (κ1) is 16.9. The summed E-state index contributed by atoms with van der Waals surface area (Å²) in [6.07, 6.45) is 1.10. The van der Waals surface area contributed by atoms with Crippen molar-refractivity contribution in [2.24, 2.45) is 0 Å². The van der Waals surface area contributed by atoms with Gasteiger partial charge in [-0.1, -0.05) is 61.5 Å². The Hall–Kier alpha value is -1.97. The fraction of sp³-hybridized carbons (Fsp3) is 0.381.